The number of nitrogens with zero attached hydrogens (tertiary/aromatic N) is 1. The molecule has 0 fully saturated rings. The molecule has 12 rings (SSSR count). The lowest BCUT2D eigenvalue weighted by molar-refractivity contribution is 0.970. The van der Waals surface area contributed by atoms with E-state index in [2.05, 4.69) is 156 Å². The van der Waals surface area contributed by atoms with Gasteiger partial charge in [-0.05, 0) is 113 Å². The molecule has 0 saturated heterocycles. The van der Waals surface area contributed by atoms with Crippen LogP contribution >= 0.6 is 0 Å². The van der Waals surface area contributed by atoms with E-state index in [9.17, 15) is 0 Å². The maximum absolute atomic E-state index is 2.62. The highest BCUT2D eigenvalue weighted by Crippen LogP contribution is 2.49. The maximum Gasteiger partial charge on any atom is 0.0623 e. The van der Waals surface area contributed by atoms with Gasteiger partial charge in [-0.2, -0.15) is 0 Å². The zero-order valence-electron chi connectivity index (χ0n) is 26.8. The van der Waals surface area contributed by atoms with Crippen molar-refractivity contribution in [2.75, 3.05) is 0 Å². The number of allylic oxidation sites excluding steroid dienone is 1. The van der Waals surface area contributed by atoms with E-state index in [4.69, 9.17) is 0 Å². The van der Waals surface area contributed by atoms with Crippen molar-refractivity contribution in [2.45, 2.75) is 12.8 Å². The molecule has 1 aliphatic rings. The SMILES string of the molecule is C1=Cc2c(c3c4cccc5cc(-c6ccc7ccccc7c6)c6cccc(c6c54)c3n2-c2ccc3ccc4cccc5ccc2c3c45)CC1. The molecule has 1 heteroatoms. The lowest BCUT2D eigenvalue weighted by Gasteiger charge is -2.20. The molecule has 0 spiro atoms. The minimum Gasteiger partial charge on any atom is -0.308 e. The van der Waals surface area contributed by atoms with Crippen molar-refractivity contribution in [1.29, 1.82) is 0 Å². The Hall–Kier alpha value is -6.18. The smallest absolute Gasteiger partial charge is 0.0623 e. The van der Waals surface area contributed by atoms with Crippen LogP contribution in [0.5, 0.6) is 0 Å². The highest BCUT2D eigenvalue weighted by Gasteiger charge is 2.26. The van der Waals surface area contributed by atoms with Crippen molar-refractivity contribution in [3.05, 3.63) is 157 Å². The largest absolute Gasteiger partial charge is 0.308 e. The number of aryl methyl sites for hydroxylation is 1. The predicted molar refractivity (Wildman–Crippen MR) is 211 cm³/mol. The first-order chi connectivity index (χ1) is 24.3. The van der Waals surface area contributed by atoms with Gasteiger partial charge in [-0.15, -0.1) is 0 Å². The zero-order valence-corrected chi connectivity index (χ0v) is 26.8. The summed E-state index contributed by atoms with van der Waals surface area (Å²) < 4.78 is 2.62. The summed E-state index contributed by atoms with van der Waals surface area (Å²) in [7, 11) is 0. The number of aromatic nitrogens is 1. The van der Waals surface area contributed by atoms with Crippen molar-refractivity contribution < 1.29 is 0 Å². The summed E-state index contributed by atoms with van der Waals surface area (Å²) in [5, 5.41) is 20.0. The van der Waals surface area contributed by atoms with Crippen LogP contribution in [0.4, 0.5) is 0 Å². The third kappa shape index (κ3) is 3.30. The molecule has 0 unspecified atom stereocenters. The van der Waals surface area contributed by atoms with Gasteiger partial charge >= 0.3 is 0 Å². The van der Waals surface area contributed by atoms with E-state index >= 15 is 0 Å². The number of benzene rings is 10. The van der Waals surface area contributed by atoms with Gasteiger partial charge in [0.05, 0.1) is 11.2 Å². The summed E-state index contributed by atoms with van der Waals surface area (Å²) in [6.07, 6.45) is 6.87. The second kappa shape index (κ2) is 9.24. The normalized spacial score (nSPS) is 13.5. The van der Waals surface area contributed by atoms with E-state index in [-0.39, 0.29) is 0 Å². The van der Waals surface area contributed by atoms with Gasteiger partial charge in [-0.25, -0.2) is 0 Å². The van der Waals surface area contributed by atoms with Crippen LogP contribution in [-0.2, 0) is 6.42 Å². The summed E-state index contributed by atoms with van der Waals surface area (Å²) in [6.45, 7) is 0. The van der Waals surface area contributed by atoms with Crippen LogP contribution in [0, 0.1) is 0 Å². The molecular weight excluding hydrogens is 591 g/mol. The van der Waals surface area contributed by atoms with E-state index in [1.165, 1.54) is 114 Å². The van der Waals surface area contributed by atoms with Crippen LogP contribution in [0.3, 0.4) is 0 Å². The summed E-state index contributed by atoms with van der Waals surface area (Å²) in [4.78, 5) is 0. The number of rotatable bonds is 2. The molecule has 0 atom stereocenters. The van der Waals surface area contributed by atoms with Gasteiger partial charge in [0.2, 0.25) is 0 Å². The van der Waals surface area contributed by atoms with Crippen LogP contribution in [0.25, 0.3) is 109 Å². The Morgan fingerprint density at radius 2 is 1.10 bits per heavy atom. The molecule has 0 amide bonds. The van der Waals surface area contributed by atoms with Crippen LogP contribution in [0.2, 0.25) is 0 Å². The fourth-order valence-electron chi connectivity index (χ4n) is 9.45. The van der Waals surface area contributed by atoms with Crippen molar-refractivity contribution in [2.24, 2.45) is 0 Å². The third-order valence-corrected chi connectivity index (χ3v) is 11.5. The Balaban J connectivity index is 1.27. The molecule has 49 heavy (non-hydrogen) atoms. The van der Waals surface area contributed by atoms with Crippen molar-refractivity contribution >= 4 is 92.4 Å². The minimum absolute atomic E-state index is 1.05. The average Bonchev–Trinajstić information content (AvgIpc) is 3.51. The van der Waals surface area contributed by atoms with Gasteiger partial charge in [0, 0.05) is 27.2 Å². The van der Waals surface area contributed by atoms with Crippen LogP contribution in [0.1, 0.15) is 17.7 Å². The molecule has 1 heterocycles. The summed E-state index contributed by atoms with van der Waals surface area (Å²) in [6, 6.07) is 52.6. The van der Waals surface area contributed by atoms with Gasteiger partial charge in [0.1, 0.15) is 0 Å². The molecule has 1 aromatic heterocycles. The quantitative estimate of drug-likeness (QED) is 0.170. The summed E-state index contributed by atoms with van der Waals surface area (Å²) in [5.41, 5.74) is 7.93. The van der Waals surface area contributed by atoms with Gasteiger partial charge in [0.25, 0.3) is 0 Å². The van der Waals surface area contributed by atoms with Gasteiger partial charge in [0.15, 0.2) is 0 Å². The molecule has 1 nitrogen and oxygen atoms in total. The van der Waals surface area contributed by atoms with Crippen molar-refractivity contribution in [3.8, 4) is 16.8 Å². The molecule has 11 aromatic rings. The van der Waals surface area contributed by atoms with Gasteiger partial charge in [-0.3, -0.25) is 0 Å². The first-order valence-corrected chi connectivity index (χ1v) is 17.4. The topological polar surface area (TPSA) is 4.93 Å². The summed E-state index contributed by atoms with van der Waals surface area (Å²) in [5.74, 6) is 0. The van der Waals surface area contributed by atoms with Gasteiger partial charge in [-0.1, -0.05) is 127 Å². The molecule has 1 aliphatic carbocycles. The standard InChI is InChI=1S/C48H29N/c1-2-9-32-26-33(21-18-28(32)8-1)40-27-34-12-6-15-38-45(34)46-35(40)14-7-16-39(46)48-47(38)36-13-3-4-17-41(36)49(48)42-25-23-31-20-19-29-10-5-11-30-22-24-37(42)44(31)43(29)30/h1-2,4-12,14-27H,3,13H2. The average molecular weight is 620 g/mol. The number of hydrogen-bond acceptors (Lipinski definition) is 0. The molecular formula is C48H29N. The first-order valence-electron chi connectivity index (χ1n) is 17.4. The third-order valence-electron chi connectivity index (χ3n) is 11.5. The van der Waals surface area contributed by atoms with Crippen LogP contribution < -0.4 is 0 Å². The van der Waals surface area contributed by atoms with E-state index in [1.807, 2.05) is 0 Å². The second-order valence-corrected chi connectivity index (χ2v) is 13.9. The van der Waals surface area contributed by atoms with Crippen molar-refractivity contribution in [3.63, 3.8) is 0 Å². The van der Waals surface area contributed by atoms with E-state index in [0.29, 0.717) is 0 Å². The molecule has 0 aliphatic heterocycles. The van der Waals surface area contributed by atoms with E-state index in [1.54, 1.807) is 0 Å². The Kier molecular flexibility index (Phi) is 4.88. The molecule has 0 N–H and O–H groups in total. The highest BCUT2D eigenvalue weighted by molar-refractivity contribution is 6.36. The molecule has 226 valence electrons. The monoisotopic (exact) mass is 619 g/mol. The molecule has 0 saturated carbocycles. The minimum atomic E-state index is 1.05. The molecule has 0 radical (unpaired) electrons. The highest BCUT2D eigenvalue weighted by atomic mass is 15.0. The Bertz CT molecular complexity index is 3190. The van der Waals surface area contributed by atoms with Gasteiger partial charge < -0.3 is 4.57 Å². The predicted octanol–water partition coefficient (Wildman–Crippen LogP) is 13.2. The molecule has 0 bridgehead atoms. The fraction of sp³-hybridized carbons (Fsp3) is 0.0417. The Morgan fingerprint density at radius 3 is 2.02 bits per heavy atom. The fourth-order valence-corrected chi connectivity index (χ4v) is 9.45. The van der Waals surface area contributed by atoms with Crippen LogP contribution in [0.15, 0.2) is 146 Å². The Morgan fingerprint density at radius 1 is 0.429 bits per heavy atom. The van der Waals surface area contributed by atoms with E-state index < -0.39 is 0 Å². The van der Waals surface area contributed by atoms with Crippen LogP contribution in [-0.4, -0.2) is 4.57 Å². The number of fused-ring (bicyclic) bond motifs is 6. The molecule has 10 aromatic carbocycles. The lowest BCUT2D eigenvalue weighted by atomic mass is 9.86. The lowest BCUT2D eigenvalue weighted by Crippen LogP contribution is -2.02. The van der Waals surface area contributed by atoms with Crippen molar-refractivity contribution in [1.82, 2.24) is 4.57 Å². The Labute approximate surface area is 282 Å². The number of hydrogen-bond donors (Lipinski definition) is 0. The second-order valence-electron chi connectivity index (χ2n) is 13.9. The summed E-state index contributed by atoms with van der Waals surface area (Å²) >= 11 is 0. The zero-order chi connectivity index (χ0) is 31.8. The van der Waals surface area contributed by atoms with E-state index in [0.717, 1.165) is 12.8 Å². The first kappa shape index (κ1) is 25.9. The maximum atomic E-state index is 2.62.